The fourth-order valence-corrected chi connectivity index (χ4v) is 4.31. The maximum absolute atomic E-state index is 12.6. The smallest absolute Gasteiger partial charge is 0.340 e. The van der Waals surface area contributed by atoms with E-state index in [-0.39, 0.29) is 5.97 Å². The highest BCUT2D eigenvalue weighted by Gasteiger charge is 2.32. The molecule has 3 aromatic rings. The maximum Gasteiger partial charge on any atom is 0.340 e. The topological polar surface area (TPSA) is 65.9 Å². The number of aromatic nitrogens is 1. The molecule has 5 heteroatoms. The van der Waals surface area contributed by atoms with Gasteiger partial charge in [-0.15, -0.1) is 0 Å². The van der Waals surface area contributed by atoms with E-state index in [0.717, 1.165) is 28.6 Å². The van der Waals surface area contributed by atoms with Crippen LogP contribution in [0.2, 0.25) is 0 Å². The standard InChI is InChI=1S/C22H21IN2O2/c1-5-14-7-8-15(11-17(14)23)22(2,3)20-19(21(26)27-4)16-9-6-13(12-24)10-18(16)25-20/h6-11,25H,5H2,1-4H3. The van der Waals surface area contributed by atoms with E-state index in [1.165, 1.54) is 16.2 Å². The van der Waals surface area contributed by atoms with Crippen LogP contribution in [0.1, 0.15) is 53.5 Å². The highest BCUT2D eigenvalue weighted by Crippen LogP contribution is 2.38. The molecule has 0 saturated heterocycles. The monoisotopic (exact) mass is 472 g/mol. The fourth-order valence-electron chi connectivity index (χ4n) is 3.42. The lowest BCUT2D eigenvalue weighted by Crippen LogP contribution is -2.23. The quantitative estimate of drug-likeness (QED) is 0.413. The number of halogens is 1. The molecule has 0 bridgehead atoms. The van der Waals surface area contributed by atoms with Crippen LogP contribution in [0.3, 0.4) is 0 Å². The van der Waals surface area contributed by atoms with Gasteiger partial charge < -0.3 is 9.72 Å². The van der Waals surface area contributed by atoms with E-state index in [9.17, 15) is 10.1 Å². The third-order valence-corrected chi connectivity index (χ3v) is 6.10. The van der Waals surface area contributed by atoms with Crippen LogP contribution in [-0.2, 0) is 16.6 Å². The molecule has 1 N–H and O–H groups in total. The van der Waals surface area contributed by atoms with Crippen molar-refractivity contribution in [3.05, 3.63) is 67.9 Å². The molecule has 1 heterocycles. The van der Waals surface area contributed by atoms with E-state index >= 15 is 0 Å². The molecule has 2 aromatic carbocycles. The van der Waals surface area contributed by atoms with E-state index in [1.807, 2.05) is 0 Å². The summed E-state index contributed by atoms with van der Waals surface area (Å²) in [5.41, 5.74) is 4.60. The molecular weight excluding hydrogens is 451 g/mol. The minimum Gasteiger partial charge on any atom is -0.465 e. The number of rotatable bonds is 4. The second-order valence-electron chi connectivity index (χ2n) is 7.02. The molecule has 3 rings (SSSR count). The molecule has 0 aliphatic heterocycles. The van der Waals surface area contributed by atoms with Crippen LogP contribution < -0.4 is 0 Å². The number of carbonyl (C=O) groups is 1. The van der Waals surface area contributed by atoms with Gasteiger partial charge in [0.05, 0.1) is 24.3 Å². The Labute approximate surface area is 172 Å². The predicted molar refractivity (Wildman–Crippen MR) is 115 cm³/mol. The van der Waals surface area contributed by atoms with Crippen LogP contribution in [0, 0.1) is 14.9 Å². The molecule has 0 aliphatic carbocycles. The number of nitrogens with one attached hydrogen (secondary N) is 1. The number of H-pyrrole nitrogens is 1. The number of hydrogen-bond acceptors (Lipinski definition) is 3. The number of ether oxygens (including phenoxy) is 1. The normalized spacial score (nSPS) is 11.4. The van der Waals surface area contributed by atoms with Gasteiger partial charge >= 0.3 is 5.97 Å². The Morgan fingerprint density at radius 2 is 2.00 bits per heavy atom. The minimum absolute atomic E-state index is 0.381. The Bertz CT molecular complexity index is 1070. The van der Waals surface area contributed by atoms with Crippen molar-refractivity contribution in [2.24, 2.45) is 0 Å². The molecule has 0 atom stereocenters. The molecule has 0 aliphatic rings. The summed E-state index contributed by atoms with van der Waals surface area (Å²) >= 11 is 2.36. The van der Waals surface area contributed by atoms with Gasteiger partial charge in [0.25, 0.3) is 0 Å². The first-order chi connectivity index (χ1) is 12.8. The predicted octanol–water partition coefficient (Wildman–Crippen LogP) is 5.32. The van der Waals surface area contributed by atoms with Crippen LogP contribution in [0.5, 0.6) is 0 Å². The first-order valence-electron chi connectivity index (χ1n) is 8.77. The highest BCUT2D eigenvalue weighted by molar-refractivity contribution is 14.1. The molecule has 4 nitrogen and oxygen atoms in total. The van der Waals surface area contributed by atoms with E-state index in [4.69, 9.17) is 4.74 Å². The second kappa shape index (κ2) is 7.35. The number of fused-ring (bicyclic) bond motifs is 1. The van der Waals surface area contributed by atoms with Crippen molar-refractivity contribution in [2.75, 3.05) is 7.11 Å². The van der Waals surface area contributed by atoms with Crippen molar-refractivity contribution in [1.82, 2.24) is 4.98 Å². The van der Waals surface area contributed by atoms with E-state index < -0.39 is 5.41 Å². The van der Waals surface area contributed by atoms with Crippen molar-refractivity contribution >= 4 is 39.5 Å². The Balaban J connectivity index is 2.26. The second-order valence-corrected chi connectivity index (χ2v) is 8.19. The molecular formula is C22H21IN2O2. The van der Waals surface area contributed by atoms with Crippen molar-refractivity contribution in [3.63, 3.8) is 0 Å². The fraction of sp³-hybridized carbons (Fsp3) is 0.273. The first-order valence-corrected chi connectivity index (χ1v) is 9.84. The van der Waals surface area contributed by atoms with Gasteiger partial charge in [0.2, 0.25) is 0 Å². The van der Waals surface area contributed by atoms with Crippen LogP contribution in [0.15, 0.2) is 36.4 Å². The number of nitrogens with zero attached hydrogens (tertiary/aromatic N) is 1. The highest BCUT2D eigenvalue weighted by atomic mass is 127. The number of hydrogen-bond donors (Lipinski definition) is 1. The molecule has 0 radical (unpaired) electrons. The first kappa shape index (κ1) is 19.4. The molecule has 27 heavy (non-hydrogen) atoms. The van der Waals surface area contributed by atoms with Gasteiger partial charge in [0.15, 0.2) is 0 Å². The van der Waals surface area contributed by atoms with E-state index in [2.05, 4.69) is 72.6 Å². The molecule has 0 fully saturated rings. The van der Waals surface area contributed by atoms with Crippen LogP contribution in [0.4, 0.5) is 0 Å². The number of esters is 1. The molecule has 0 amide bonds. The lowest BCUT2D eigenvalue weighted by atomic mass is 9.79. The number of aromatic amines is 1. The zero-order chi connectivity index (χ0) is 19.8. The Morgan fingerprint density at radius 3 is 2.59 bits per heavy atom. The van der Waals surface area contributed by atoms with Crippen molar-refractivity contribution in [2.45, 2.75) is 32.6 Å². The third kappa shape index (κ3) is 3.34. The summed E-state index contributed by atoms with van der Waals surface area (Å²) in [6.45, 7) is 6.32. The molecule has 138 valence electrons. The average molecular weight is 472 g/mol. The SMILES string of the molecule is CCc1ccc(C(C)(C)c2[nH]c3cc(C#N)ccc3c2C(=O)OC)cc1I. The van der Waals surface area contributed by atoms with E-state index in [1.54, 1.807) is 18.2 Å². The van der Waals surface area contributed by atoms with Gasteiger partial charge in [-0.1, -0.05) is 39.0 Å². The van der Waals surface area contributed by atoms with Gasteiger partial charge in [-0.05, 0) is 58.3 Å². The largest absolute Gasteiger partial charge is 0.465 e. The van der Waals surface area contributed by atoms with Crippen molar-refractivity contribution in [1.29, 1.82) is 5.26 Å². The maximum atomic E-state index is 12.6. The van der Waals surface area contributed by atoms with Gasteiger partial charge in [0, 0.05) is 25.6 Å². The Morgan fingerprint density at radius 1 is 1.26 bits per heavy atom. The lowest BCUT2D eigenvalue weighted by Gasteiger charge is -2.26. The number of aryl methyl sites for hydroxylation is 1. The van der Waals surface area contributed by atoms with E-state index in [0.29, 0.717) is 11.1 Å². The summed E-state index contributed by atoms with van der Waals surface area (Å²) in [4.78, 5) is 16.0. The summed E-state index contributed by atoms with van der Waals surface area (Å²) in [7, 11) is 1.39. The van der Waals surface area contributed by atoms with Crippen molar-refractivity contribution < 1.29 is 9.53 Å². The summed E-state index contributed by atoms with van der Waals surface area (Å²) in [5.74, 6) is -0.381. The number of methoxy groups -OCH3 is 1. The summed E-state index contributed by atoms with van der Waals surface area (Å²) in [6, 6.07) is 13.9. The molecule has 1 aromatic heterocycles. The van der Waals surface area contributed by atoms with Crippen molar-refractivity contribution in [3.8, 4) is 6.07 Å². The minimum atomic E-state index is -0.443. The molecule has 0 spiro atoms. The number of benzene rings is 2. The van der Waals surface area contributed by atoms with Crippen LogP contribution >= 0.6 is 22.6 Å². The summed E-state index contributed by atoms with van der Waals surface area (Å²) in [5, 5.41) is 9.96. The van der Waals surface area contributed by atoms with Gasteiger partial charge in [-0.3, -0.25) is 0 Å². The Kier molecular flexibility index (Phi) is 5.29. The summed E-state index contributed by atoms with van der Waals surface area (Å²) < 4.78 is 6.28. The number of nitriles is 1. The molecule has 0 saturated carbocycles. The zero-order valence-electron chi connectivity index (χ0n) is 15.8. The van der Waals surface area contributed by atoms with Gasteiger partial charge in [0.1, 0.15) is 0 Å². The van der Waals surface area contributed by atoms with Crippen LogP contribution in [-0.4, -0.2) is 18.1 Å². The molecule has 0 unspecified atom stereocenters. The average Bonchev–Trinajstić information content (AvgIpc) is 3.06. The van der Waals surface area contributed by atoms with Crippen LogP contribution in [0.25, 0.3) is 10.9 Å². The van der Waals surface area contributed by atoms with Gasteiger partial charge in [-0.2, -0.15) is 5.26 Å². The van der Waals surface area contributed by atoms with Gasteiger partial charge in [-0.25, -0.2) is 4.79 Å². The number of carbonyl (C=O) groups excluding carboxylic acids is 1. The lowest BCUT2D eigenvalue weighted by molar-refractivity contribution is 0.0600. The Hall–Kier alpha value is -2.33. The summed E-state index contributed by atoms with van der Waals surface area (Å²) in [6.07, 6.45) is 0.982. The zero-order valence-corrected chi connectivity index (χ0v) is 18.0. The third-order valence-electron chi connectivity index (χ3n) is 5.10.